The number of aliphatic carboxylic acids is 2. The van der Waals surface area contributed by atoms with Crippen LogP contribution in [-0.4, -0.2) is 56.3 Å². The smallest absolute Gasteiger partial charge is 0.334 e. The zero-order valence-electron chi connectivity index (χ0n) is 12.0. The molecule has 1 fully saturated rings. The Kier molecular flexibility index (Phi) is 4.33. The Morgan fingerprint density at radius 2 is 2.04 bits per heavy atom. The number of β-lactam (4-membered cyclic amide) rings is 1. The van der Waals surface area contributed by atoms with Crippen LogP contribution in [-0.2, 0) is 25.6 Å². The van der Waals surface area contributed by atoms with Crippen molar-refractivity contribution in [3.8, 4) is 0 Å². The second kappa shape index (κ2) is 6.29. The molecule has 3 heterocycles. The lowest BCUT2D eigenvalue weighted by atomic mass is 9.98. The van der Waals surface area contributed by atoms with Crippen LogP contribution in [0, 0.1) is 0 Å². The van der Waals surface area contributed by atoms with Crippen LogP contribution >= 0.6 is 23.1 Å². The molecule has 126 valence electrons. The third-order valence-electron chi connectivity index (χ3n) is 3.70. The van der Waals surface area contributed by atoms with E-state index < -0.39 is 35.3 Å². The molecule has 0 aliphatic carbocycles. The van der Waals surface area contributed by atoms with Crippen LogP contribution in [0.4, 0.5) is 0 Å². The van der Waals surface area contributed by atoms with Gasteiger partial charge < -0.3 is 20.4 Å². The number of nitrogens with zero attached hydrogens (tertiary/aromatic N) is 1. The fourth-order valence-corrected chi connectivity index (χ4v) is 4.53. The normalized spacial score (nSPS) is 25.3. The molecule has 24 heavy (non-hydrogen) atoms. The molecule has 1 aromatic heterocycles. The minimum atomic E-state index is -1.54. The Bertz CT molecular complexity index is 744. The molecule has 2 aliphatic heterocycles. The van der Waals surface area contributed by atoms with Crippen molar-refractivity contribution in [3.63, 3.8) is 0 Å². The van der Waals surface area contributed by atoms with Crippen LogP contribution < -0.4 is 5.32 Å². The second-order valence-electron chi connectivity index (χ2n) is 5.19. The van der Waals surface area contributed by atoms with Crippen molar-refractivity contribution in [1.29, 1.82) is 0 Å². The molecular formula is C14H12N2O6S2. The Morgan fingerprint density at radius 1 is 1.29 bits per heavy atom. The number of hydrogen-bond donors (Lipinski definition) is 3. The number of carbonyl (C=O) groups excluding carboxylic acids is 2. The quantitative estimate of drug-likeness (QED) is 0.630. The van der Waals surface area contributed by atoms with Gasteiger partial charge in [0.25, 0.3) is 0 Å². The number of nitrogens with one attached hydrogen (secondary N) is 1. The highest BCUT2D eigenvalue weighted by Gasteiger charge is 2.56. The summed E-state index contributed by atoms with van der Waals surface area (Å²) < 4.78 is 0. The lowest BCUT2D eigenvalue weighted by molar-refractivity contribution is -0.161. The minimum Gasteiger partial charge on any atom is -0.479 e. The standard InChI is InChI=1S/C14H12N2O6S2/c17-8(4-6-2-1-3-23-6)15-9-11(18)16-10(14(21)22)7(13(19)20)5-24-12(9)16/h1-3,5,9-10,12H,4H2,(H,15,17)(H,19,20)(H,21,22)/t9?,10?,12-/m1/s1. The van der Waals surface area contributed by atoms with Gasteiger partial charge in [0.15, 0.2) is 6.04 Å². The lowest BCUT2D eigenvalue weighted by Gasteiger charge is -2.50. The fourth-order valence-electron chi connectivity index (χ4n) is 2.61. The van der Waals surface area contributed by atoms with Gasteiger partial charge in [0, 0.05) is 4.88 Å². The van der Waals surface area contributed by atoms with Crippen LogP contribution in [0.5, 0.6) is 0 Å². The van der Waals surface area contributed by atoms with Crippen molar-refractivity contribution in [2.24, 2.45) is 0 Å². The summed E-state index contributed by atoms with van der Waals surface area (Å²) in [6, 6.07) is 1.23. The van der Waals surface area contributed by atoms with Crippen molar-refractivity contribution in [1.82, 2.24) is 10.2 Å². The zero-order valence-corrected chi connectivity index (χ0v) is 13.7. The molecule has 2 amide bonds. The summed E-state index contributed by atoms with van der Waals surface area (Å²) in [6.45, 7) is 0. The summed E-state index contributed by atoms with van der Waals surface area (Å²) in [5.41, 5.74) is -0.361. The van der Waals surface area contributed by atoms with Crippen LogP contribution in [0.2, 0.25) is 0 Å². The predicted molar refractivity (Wildman–Crippen MR) is 85.3 cm³/mol. The van der Waals surface area contributed by atoms with Gasteiger partial charge in [0.05, 0.1) is 12.0 Å². The molecular weight excluding hydrogens is 356 g/mol. The Hall–Kier alpha value is -2.33. The van der Waals surface area contributed by atoms with Gasteiger partial charge in [-0.3, -0.25) is 9.59 Å². The predicted octanol–water partition coefficient (Wildman–Crippen LogP) is 0.112. The van der Waals surface area contributed by atoms with Gasteiger partial charge in [-0.2, -0.15) is 0 Å². The van der Waals surface area contributed by atoms with E-state index in [-0.39, 0.29) is 17.9 Å². The molecule has 2 unspecified atom stereocenters. The molecule has 3 atom stereocenters. The summed E-state index contributed by atoms with van der Waals surface area (Å²) in [7, 11) is 0. The molecule has 3 rings (SSSR count). The zero-order chi connectivity index (χ0) is 17.4. The molecule has 0 bridgehead atoms. The van der Waals surface area contributed by atoms with E-state index in [1.165, 1.54) is 16.7 Å². The van der Waals surface area contributed by atoms with Gasteiger partial charge in [-0.1, -0.05) is 6.07 Å². The number of thiophene rings is 1. The van der Waals surface area contributed by atoms with Crippen LogP contribution in [0.3, 0.4) is 0 Å². The number of carboxylic acid groups (broad SMARTS) is 2. The van der Waals surface area contributed by atoms with E-state index in [1.807, 2.05) is 11.4 Å². The number of carbonyl (C=O) groups is 4. The van der Waals surface area contributed by atoms with Crippen molar-refractivity contribution in [3.05, 3.63) is 33.4 Å². The second-order valence-corrected chi connectivity index (χ2v) is 7.22. The van der Waals surface area contributed by atoms with Gasteiger partial charge in [0.2, 0.25) is 11.8 Å². The molecule has 1 saturated heterocycles. The van der Waals surface area contributed by atoms with Gasteiger partial charge in [-0.05, 0) is 16.9 Å². The molecule has 0 aromatic carbocycles. The Balaban J connectivity index is 1.72. The largest absolute Gasteiger partial charge is 0.479 e. The molecule has 8 nitrogen and oxygen atoms in total. The molecule has 0 radical (unpaired) electrons. The molecule has 1 aromatic rings. The van der Waals surface area contributed by atoms with Crippen LogP contribution in [0.25, 0.3) is 0 Å². The first kappa shape index (κ1) is 16.5. The highest BCUT2D eigenvalue weighted by Crippen LogP contribution is 2.40. The number of amides is 2. The maximum atomic E-state index is 12.2. The number of fused-ring (bicyclic) bond motifs is 1. The van der Waals surface area contributed by atoms with Crippen molar-refractivity contribution >= 4 is 46.9 Å². The molecule has 0 saturated carbocycles. The van der Waals surface area contributed by atoms with E-state index in [0.29, 0.717) is 0 Å². The average Bonchev–Trinajstić information content (AvgIpc) is 3.03. The van der Waals surface area contributed by atoms with Crippen LogP contribution in [0.15, 0.2) is 28.5 Å². The maximum Gasteiger partial charge on any atom is 0.334 e. The SMILES string of the molecule is O=C(Cc1cccs1)NC1C(=O)N2C(C(=O)O)C(C(=O)O)=CS[C@H]12. The molecule has 0 spiro atoms. The Labute approximate surface area is 144 Å². The number of hydrogen-bond acceptors (Lipinski definition) is 6. The highest BCUT2D eigenvalue weighted by molar-refractivity contribution is 8.03. The molecule has 10 heteroatoms. The maximum absolute atomic E-state index is 12.2. The summed E-state index contributed by atoms with van der Waals surface area (Å²) >= 11 is 2.44. The van der Waals surface area contributed by atoms with Gasteiger partial charge in [-0.25, -0.2) is 9.59 Å². The summed E-state index contributed by atoms with van der Waals surface area (Å²) in [4.78, 5) is 48.6. The van der Waals surface area contributed by atoms with Gasteiger partial charge >= 0.3 is 11.9 Å². The van der Waals surface area contributed by atoms with E-state index in [2.05, 4.69) is 5.32 Å². The molecule has 2 aliphatic rings. The summed E-state index contributed by atoms with van der Waals surface area (Å²) in [5, 5.41) is 23.4. The first-order valence-corrected chi connectivity index (χ1v) is 8.68. The van der Waals surface area contributed by atoms with Crippen molar-refractivity contribution in [2.75, 3.05) is 0 Å². The average molecular weight is 368 g/mol. The number of thioether (sulfide) groups is 1. The summed E-state index contributed by atoms with van der Waals surface area (Å²) in [6.07, 6.45) is 0.136. The van der Waals surface area contributed by atoms with E-state index >= 15 is 0 Å². The van der Waals surface area contributed by atoms with E-state index in [0.717, 1.165) is 21.5 Å². The van der Waals surface area contributed by atoms with Gasteiger partial charge in [0.1, 0.15) is 11.4 Å². The van der Waals surface area contributed by atoms with E-state index in [4.69, 9.17) is 5.11 Å². The minimum absolute atomic E-state index is 0.136. The highest BCUT2D eigenvalue weighted by atomic mass is 32.2. The molecule has 3 N–H and O–H groups in total. The summed E-state index contributed by atoms with van der Waals surface area (Å²) in [5.74, 6) is -3.72. The van der Waals surface area contributed by atoms with Crippen molar-refractivity contribution in [2.45, 2.75) is 23.9 Å². The fraction of sp³-hybridized carbons (Fsp3) is 0.286. The Morgan fingerprint density at radius 3 is 2.62 bits per heavy atom. The lowest BCUT2D eigenvalue weighted by Crippen LogP contribution is -2.74. The third-order valence-corrected chi connectivity index (χ3v) is 5.74. The number of carboxylic acids is 2. The van der Waals surface area contributed by atoms with Crippen LogP contribution in [0.1, 0.15) is 4.88 Å². The topological polar surface area (TPSA) is 124 Å². The van der Waals surface area contributed by atoms with E-state index in [9.17, 15) is 24.3 Å². The third kappa shape index (κ3) is 2.78. The number of rotatable bonds is 5. The first-order chi connectivity index (χ1) is 11.4. The van der Waals surface area contributed by atoms with Crippen molar-refractivity contribution < 1.29 is 29.4 Å². The first-order valence-electron chi connectivity index (χ1n) is 6.85. The van der Waals surface area contributed by atoms with E-state index in [1.54, 1.807) is 6.07 Å². The monoisotopic (exact) mass is 368 g/mol. The van der Waals surface area contributed by atoms with Gasteiger partial charge in [-0.15, -0.1) is 23.1 Å².